The lowest BCUT2D eigenvalue weighted by atomic mass is 10.4. The molecule has 0 aliphatic rings. The zero-order chi connectivity index (χ0) is 12.7. The van der Waals surface area contributed by atoms with Crippen LogP contribution in [0.3, 0.4) is 0 Å². The molecule has 0 aliphatic carbocycles. The van der Waals surface area contributed by atoms with Gasteiger partial charge in [0.2, 0.25) is 0 Å². The van der Waals surface area contributed by atoms with E-state index < -0.39 is 0 Å². The first kappa shape index (κ1) is 14.5. The number of rotatable bonds is 8. The predicted octanol–water partition coefficient (Wildman–Crippen LogP) is 1.10. The van der Waals surface area contributed by atoms with Crippen LogP contribution in [0.1, 0.15) is 25.5 Å². The van der Waals surface area contributed by atoms with E-state index in [1.165, 1.54) is 0 Å². The summed E-state index contributed by atoms with van der Waals surface area (Å²) in [5.74, 6) is 2.63. The molecule has 0 aromatic carbocycles. The number of aryl methyl sites for hydroxylation is 1. The summed E-state index contributed by atoms with van der Waals surface area (Å²) in [5, 5.41) is 13.3. The van der Waals surface area contributed by atoms with Crippen molar-refractivity contribution in [3.63, 3.8) is 0 Å². The minimum Gasteiger partial charge on any atom is -0.394 e. The maximum atomic E-state index is 8.97. The monoisotopic (exact) mass is 259 g/mol. The molecule has 0 spiro atoms. The Bertz CT molecular complexity index is 329. The number of nitrogens with zero attached hydrogens (tertiary/aromatic N) is 3. The highest BCUT2D eigenvalue weighted by Crippen LogP contribution is 2.05. The molecule has 98 valence electrons. The van der Waals surface area contributed by atoms with E-state index in [2.05, 4.69) is 16.3 Å². The maximum absolute atomic E-state index is 8.97. The predicted molar refractivity (Wildman–Crippen MR) is 69.1 cm³/mol. The minimum atomic E-state index is 0.0695. The third kappa shape index (κ3) is 5.06. The largest absolute Gasteiger partial charge is 0.394 e. The minimum absolute atomic E-state index is 0.0695. The molecule has 0 atom stereocenters. The van der Waals surface area contributed by atoms with Crippen molar-refractivity contribution >= 4 is 11.8 Å². The van der Waals surface area contributed by atoms with Crippen LogP contribution in [-0.2, 0) is 24.3 Å². The van der Waals surface area contributed by atoms with Crippen LogP contribution in [0.4, 0.5) is 0 Å². The van der Waals surface area contributed by atoms with E-state index in [4.69, 9.17) is 9.84 Å². The fourth-order valence-electron chi connectivity index (χ4n) is 1.35. The van der Waals surface area contributed by atoms with Gasteiger partial charge in [-0.05, 0) is 20.1 Å². The van der Waals surface area contributed by atoms with Gasteiger partial charge in [-0.3, -0.25) is 0 Å². The van der Waals surface area contributed by atoms with Gasteiger partial charge < -0.3 is 9.84 Å². The molecule has 0 saturated carbocycles. The summed E-state index contributed by atoms with van der Waals surface area (Å²) in [5.41, 5.74) is 0. The number of aromatic nitrogens is 3. The molecule has 6 heteroatoms. The van der Waals surface area contributed by atoms with Crippen LogP contribution in [0.5, 0.6) is 0 Å². The molecule has 0 fully saturated rings. The molecule has 17 heavy (non-hydrogen) atoms. The Labute approximate surface area is 107 Å². The van der Waals surface area contributed by atoms with Crippen molar-refractivity contribution in [1.29, 1.82) is 0 Å². The van der Waals surface area contributed by atoms with E-state index in [1.807, 2.05) is 13.8 Å². The van der Waals surface area contributed by atoms with Crippen molar-refractivity contribution in [1.82, 2.24) is 14.8 Å². The van der Waals surface area contributed by atoms with Crippen molar-refractivity contribution in [3.05, 3.63) is 11.6 Å². The summed E-state index contributed by atoms with van der Waals surface area (Å²) in [7, 11) is 0. The van der Waals surface area contributed by atoms with Crippen LogP contribution in [0.25, 0.3) is 0 Å². The summed E-state index contributed by atoms with van der Waals surface area (Å²) in [6.45, 7) is 4.97. The van der Waals surface area contributed by atoms with Crippen molar-refractivity contribution in [2.75, 3.05) is 18.6 Å². The smallest absolute Gasteiger partial charge is 0.153 e. The van der Waals surface area contributed by atoms with Gasteiger partial charge in [0.1, 0.15) is 6.61 Å². The number of hydrogen-bond donors (Lipinski definition) is 1. The van der Waals surface area contributed by atoms with Gasteiger partial charge in [-0.1, -0.05) is 0 Å². The Morgan fingerprint density at radius 1 is 1.47 bits per heavy atom. The van der Waals surface area contributed by atoms with Crippen LogP contribution in [0, 0.1) is 0 Å². The first-order chi connectivity index (χ1) is 8.17. The molecular weight excluding hydrogens is 238 g/mol. The quantitative estimate of drug-likeness (QED) is 0.757. The molecule has 1 aromatic rings. The van der Waals surface area contributed by atoms with Crippen molar-refractivity contribution in [2.45, 2.75) is 39.5 Å². The molecule has 0 amide bonds. The normalized spacial score (nSPS) is 11.4. The zero-order valence-corrected chi connectivity index (χ0v) is 11.5. The lowest BCUT2D eigenvalue weighted by molar-refractivity contribution is 0.0583. The average molecular weight is 259 g/mol. The second kappa shape index (κ2) is 7.68. The molecular formula is C11H21N3O2S. The van der Waals surface area contributed by atoms with Gasteiger partial charge >= 0.3 is 0 Å². The first-order valence-corrected chi connectivity index (χ1v) is 7.20. The Balaban J connectivity index is 2.66. The maximum Gasteiger partial charge on any atom is 0.153 e. The molecule has 0 radical (unpaired) electrons. The third-order valence-corrected chi connectivity index (χ3v) is 2.79. The lowest BCUT2D eigenvalue weighted by Crippen LogP contribution is -2.12. The van der Waals surface area contributed by atoms with E-state index in [-0.39, 0.29) is 12.7 Å². The van der Waals surface area contributed by atoms with Gasteiger partial charge in [0.15, 0.2) is 11.6 Å². The van der Waals surface area contributed by atoms with Crippen molar-refractivity contribution < 1.29 is 9.84 Å². The Morgan fingerprint density at radius 2 is 2.24 bits per heavy atom. The molecule has 0 unspecified atom stereocenters. The third-order valence-electron chi connectivity index (χ3n) is 2.18. The molecule has 5 nitrogen and oxygen atoms in total. The van der Waals surface area contributed by atoms with Gasteiger partial charge in [0.25, 0.3) is 0 Å². The van der Waals surface area contributed by atoms with Crippen molar-refractivity contribution in [2.24, 2.45) is 0 Å². The van der Waals surface area contributed by atoms with Crippen LogP contribution in [0.2, 0.25) is 0 Å². The number of aliphatic hydroxyl groups excluding tert-OH is 1. The molecule has 1 aromatic heterocycles. The second-order valence-corrected chi connectivity index (χ2v) is 4.98. The lowest BCUT2D eigenvalue weighted by Gasteiger charge is -2.07. The van der Waals surface area contributed by atoms with Gasteiger partial charge in [0, 0.05) is 12.2 Å². The highest BCUT2D eigenvalue weighted by Gasteiger charge is 2.10. The molecule has 1 heterocycles. The van der Waals surface area contributed by atoms with E-state index >= 15 is 0 Å². The second-order valence-electron chi connectivity index (χ2n) is 3.99. The average Bonchev–Trinajstić information content (AvgIpc) is 2.67. The number of ether oxygens (including phenoxy) is 1. The standard InChI is InChI=1S/C11H21N3O2S/c1-9(2)16-8-11-12-10(4-7-17-3)13-14(11)5-6-15/h9,15H,4-8H2,1-3H3. The number of aliphatic hydroxyl groups is 1. The molecule has 0 saturated heterocycles. The summed E-state index contributed by atoms with van der Waals surface area (Å²) in [4.78, 5) is 4.44. The molecule has 0 bridgehead atoms. The van der Waals surface area contributed by atoms with E-state index in [0.717, 1.165) is 23.8 Å². The topological polar surface area (TPSA) is 60.2 Å². The molecule has 0 aliphatic heterocycles. The molecule has 1 N–H and O–H groups in total. The van der Waals surface area contributed by atoms with Gasteiger partial charge in [-0.15, -0.1) is 0 Å². The fraction of sp³-hybridized carbons (Fsp3) is 0.818. The summed E-state index contributed by atoms with van der Waals surface area (Å²) >= 11 is 1.77. The zero-order valence-electron chi connectivity index (χ0n) is 10.7. The SMILES string of the molecule is CSCCc1nc(COC(C)C)n(CCO)n1. The van der Waals surface area contributed by atoms with E-state index in [9.17, 15) is 0 Å². The number of hydrogen-bond acceptors (Lipinski definition) is 5. The highest BCUT2D eigenvalue weighted by molar-refractivity contribution is 7.98. The summed E-state index contributed by atoms with van der Waals surface area (Å²) in [6, 6.07) is 0. The summed E-state index contributed by atoms with van der Waals surface area (Å²) in [6.07, 6.45) is 3.09. The highest BCUT2D eigenvalue weighted by atomic mass is 32.2. The van der Waals surface area contributed by atoms with Crippen LogP contribution < -0.4 is 0 Å². The van der Waals surface area contributed by atoms with Gasteiger partial charge in [-0.2, -0.15) is 16.9 Å². The first-order valence-electron chi connectivity index (χ1n) is 5.81. The van der Waals surface area contributed by atoms with Crippen LogP contribution >= 0.6 is 11.8 Å². The Kier molecular flexibility index (Phi) is 6.54. The Morgan fingerprint density at radius 3 is 2.82 bits per heavy atom. The van der Waals surface area contributed by atoms with E-state index in [1.54, 1.807) is 16.4 Å². The van der Waals surface area contributed by atoms with Crippen LogP contribution in [0.15, 0.2) is 0 Å². The fourth-order valence-corrected chi connectivity index (χ4v) is 1.73. The van der Waals surface area contributed by atoms with E-state index in [0.29, 0.717) is 13.2 Å². The molecule has 1 rings (SSSR count). The van der Waals surface area contributed by atoms with Crippen molar-refractivity contribution in [3.8, 4) is 0 Å². The van der Waals surface area contributed by atoms with Crippen LogP contribution in [-0.4, -0.2) is 44.6 Å². The van der Waals surface area contributed by atoms with Gasteiger partial charge in [0.05, 0.1) is 19.3 Å². The summed E-state index contributed by atoms with van der Waals surface area (Å²) < 4.78 is 7.26. The Hall–Kier alpha value is -0.590. The van der Waals surface area contributed by atoms with Gasteiger partial charge in [-0.25, -0.2) is 9.67 Å². The number of thioether (sulfide) groups is 1.